The van der Waals surface area contributed by atoms with Gasteiger partial charge in [0.25, 0.3) is 0 Å². The van der Waals surface area contributed by atoms with Crippen molar-refractivity contribution in [3.8, 4) is 11.1 Å². The summed E-state index contributed by atoms with van der Waals surface area (Å²) in [7, 11) is 0. The highest BCUT2D eigenvalue weighted by atomic mass is 14.8. The summed E-state index contributed by atoms with van der Waals surface area (Å²) in [6.07, 6.45) is 0.899. The van der Waals surface area contributed by atoms with Gasteiger partial charge in [-0.25, -0.2) is 0 Å². The highest BCUT2D eigenvalue weighted by Gasteiger charge is 2.38. The molecule has 5 aromatic carbocycles. The van der Waals surface area contributed by atoms with Gasteiger partial charge in [0.15, 0.2) is 0 Å². The van der Waals surface area contributed by atoms with Crippen LogP contribution in [0.25, 0.3) is 32.8 Å². The van der Waals surface area contributed by atoms with Crippen molar-refractivity contribution in [2.45, 2.75) is 51.4 Å². The largest absolute Gasteiger partial charge is 0.252 e. The third-order valence-electron chi connectivity index (χ3n) is 9.39. The van der Waals surface area contributed by atoms with E-state index >= 15 is 0 Å². The minimum atomic E-state index is -0.110. The van der Waals surface area contributed by atoms with Crippen LogP contribution in [0.5, 0.6) is 0 Å². The molecule has 0 N–H and O–H groups in total. The van der Waals surface area contributed by atoms with Crippen molar-refractivity contribution in [1.29, 1.82) is 0 Å². The molecule has 0 fully saturated rings. The Kier molecular flexibility index (Phi) is 5.53. The van der Waals surface area contributed by atoms with Gasteiger partial charge in [0, 0.05) is 22.1 Å². The molecule has 1 atom stereocenters. The average Bonchev–Trinajstić information content (AvgIpc) is 3.39. The molecule has 1 aromatic heterocycles. The lowest BCUT2D eigenvalue weighted by atomic mass is 9.73. The second kappa shape index (κ2) is 9.22. The number of hydrogen-bond acceptors (Lipinski definition) is 2. The lowest BCUT2D eigenvalue weighted by Crippen LogP contribution is -2.22. The first-order chi connectivity index (χ1) is 20.4. The summed E-state index contributed by atoms with van der Waals surface area (Å²) in [5, 5.41) is 3.76. The summed E-state index contributed by atoms with van der Waals surface area (Å²) >= 11 is 0. The van der Waals surface area contributed by atoms with Gasteiger partial charge in [-0.2, -0.15) is 0 Å². The van der Waals surface area contributed by atoms with Crippen molar-refractivity contribution in [1.82, 2.24) is 4.98 Å². The molecule has 204 valence electrons. The van der Waals surface area contributed by atoms with Crippen LogP contribution in [0.4, 0.5) is 5.69 Å². The van der Waals surface area contributed by atoms with Crippen LogP contribution in [-0.4, -0.2) is 10.7 Å². The third-order valence-corrected chi connectivity index (χ3v) is 9.39. The predicted molar refractivity (Wildman–Crippen MR) is 176 cm³/mol. The number of fused-ring (bicyclic) bond motifs is 11. The monoisotopic (exact) mass is 542 g/mol. The molecule has 0 radical (unpaired) electrons. The quantitative estimate of drug-likeness (QED) is 0.217. The number of benzene rings is 5. The number of para-hydroxylation sites is 1. The van der Waals surface area contributed by atoms with E-state index in [9.17, 15) is 0 Å². The normalized spacial score (nSPS) is 15.4. The van der Waals surface area contributed by atoms with Gasteiger partial charge in [-0.3, -0.25) is 9.98 Å². The molecule has 0 saturated carbocycles. The highest BCUT2D eigenvalue weighted by Crippen LogP contribution is 2.52. The molecule has 2 aliphatic rings. The van der Waals surface area contributed by atoms with Gasteiger partial charge in [0.05, 0.1) is 22.8 Å². The predicted octanol–water partition coefficient (Wildman–Crippen LogP) is 10.3. The minimum Gasteiger partial charge on any atom is -0.252 e. The Labute approximate surface area is 247 Å². The average molecular weight is 543 g/mol. The number of hydrogen-bond donors (Lipinski definition) is 0. The van der Waals surface area contributed by atoms with Crippen molar-refractivity contribution < 1.29 is 0 Å². The summed E-state index contributed by atoms with van der Waals surface area (Å²) in [6.45, 7) is 9.16. The fourth-order valence-corrected chi connectivity index (χ4v) is 7.14. The van der Waals surface area contributed by atoms with Gasteiger partial charge >= 0.3 is 0 Å². The molecule has 1 aliphatic heterocycles. The van der Waals surface area contributed by atoms with Crippen LogP contribution in [0.2, 0.25) is 0 Å². The van der Waals surface area contributed by atoms with E-state index in [-0.39, 0.29) is 11.3 Å². The van der Waals surface area contributed by atoms with Crippen LogP contribution in [-0.2, 0) is 11.8 Å². The summed E-state index contributed by atoms with van der Waals surface area (Å²) in [6, 6.07) is 40.2. The van der Waals surface area contributed by atoms with Gasteiger partial charge in [0.2, 0.25) is 0 Å². The first kappa shape index (κ1) is 25.2. The maximum atomic E-state index is 5.40. The SMILES string of the molecule is CC(C)c1ccc2c(c1)C1C(=Nc3cc(CC(C)(C)c4ccc5ccccc5n4)ccc31)c1ccc3ccccc3c1-2. The highest BCUT2D eigenvalue weighted by molar-refractivity contribution is 6.22. The fraction of sp³-hybridized carbons (Fsp3) is 0.200. The van der Waals surface area contributed by atoms with Crippen molar-refractivity contribution in [3.63, 3.8) is 0 Å². The van der Waals surface area contributed by atoms with Gasteiger partial charge in [0.1, 0.15) is 0 Å². The minimum absolute atomic E-state index is 0.110. The molecule has 0 saturated heterocycles. The van der Waals surface area contributed by atoms with Crippen molar-refractivity contribution >= 4 is 33.1 Å². The molecular formula is C40H34N2. The second-order valence-electron chi connectivity index (χ2n) is 13.0. The van der Waals surface area contributed by atoms with Crippen molar-refractivity contribution in [2.75, 3.05) is 0 Å². The summed E-state index contributed by atoms with van der Waals surface area (Å²) in [5.41, 5.74) is 13.7. The lowest BCUT2D eigenvalue weighted by Gasteiger charge is -2.29. The number of rotatable bonds is 4. The molecule has 1 aliphatic carbocycles. The molecule has 6 aromatic rings. The fourth-order valence-electron chi connectivity index (χ4n) is 7.14. The smallest absolute Gasteiger partial charge is 0.0705 e. The Hall–Kier alpha value is -4.56. The molecule has 2 heteroatoms. The standard InChI is InChI=1S/C40H34N2/c1-24(2)28-15-18-30-33(22-28)38-31-17-13-25(23-40(3,4)36-20-16-27-10-6-8-12-34(27)41-36)21-35(31)42-39(38)32-19-14-26-9-5-7-11-29(26)37(30)32/h5-22,24,38H,23H2,1-4H3. The molecule has 0 spiro atoms. The zero-order valence-electron chi connectivity index (χ0n) is 24.6. The zero-order chi connectivity index (χ0) is 28.6. The number of aliphatic imine (C=N–C) groups is 1. The first-order valence-corrected chi connectivity index (χ1v) is 15.1. The maximum absolute atomic E-state index is 5.40. The van der Waals surface area contributed by atoms with Crippen LogP contribution in [0.3, 0.4) is 0 Å². The van der Waals surface area contributed by atoms with Crippen LogP contribution >= 0.6 is 0 Å². The van der Waals surface area contributed by atoms with Gasteiger partial charge in [-0.1, -0.05) is 119 Å². The molecular weight excluding hydrogens is 508 g/mol. The van der Waals surface area contributed by atoms with E-state index in [0.29, 0.717) is 5.92 Å². The first-order valence-electron chi connectivity index (χ1n) is 15.1. The van der Waals surface area contributed by atoms with Crippen LogP contribution < -0.4 is 0 Å². The van der Waals surface area contributed by atoms with E-state index < -0.39 is 0 Å². The number of aromatic nitrogens is 1. The number of pyridine rings is 1. The van der Waals surface area contributed by atoms with Gasteiger partial charge < -0.3 is 0 Å². The maximum Gasteiger partial charge on any atom is 0.0705 e. The molecule has 8 rings (SSSR count). The Bertz CT molecular complexity index is 2080. The second-order valence-corrected chi connectivity index (χ2v) is 13.0. The molecule has 2 nitrogen and oxygen atoms in total. The van der Waals surface area contributed by atoms with E-state index in [1.165, 1.54) is 60.8 Å². The molecule has 2 heterocycles. The van der Waals surface area contributed by atoms with Crippen LogP contribution in [0.15, 0.2) is 114 Å². The lowest BCUT2D eigenvalue weighted by molar-refractivity contribution is 0.507. The van der Waals surface area contributed by atoms with Crippen molar-refractivity contribution in [3.05, 3.63) is 143 Å². The van der Waals surface area contributed by atoms with Gasteiger partial charge in [-0.05, 0) is 74.7 Å². The van der Waals surface area contributed by atoms with E-state index in [2.05, 4.69) is 137 Å². The molecule has 1 unspecified atom stereocenters. The number of nitrogens with zero attached hydrogens (tertiary/aromatic N) is 2. The van der Waals surface area contributed by atoms with Crippen molar-refractivity contribution in [2.24, 2.45) is 4.99 Å². The molecule has 0 bridgehead atoms. The molecule has 42 heavy (non-hydrogen) atoms. The van der Waals surface area contributed by atoms with Crippen LogP contribution in [0, 0.1) is 0 Å². The van der Waals surface area contributed by atoms with E-state index in [4.69, 9.17) is 9.98 Å². The van der Waals surface area contributed by atoms with E-state index in [1.807, 2.05) is 0 Å². The van der Waals surface area contributed by atoms with E-state index in [0.717, 1.165) is 23.3 Å². The Morgan fingerprint density at radius 1 is 0.714 bits per heavy atom. The zero-order valence-corrected chi connectivity index (χ0v) is 24.6. The van der Waals surface area contributed by atoms with Gasteiger partial charge in [-0.15, -0.1) is 0 Å². The summed E-state index contributed by atoms with van der Waals surface area (Å²) < 4.78 is 0. The third kappa shape index (κ3) is 3.85. The summed E-state index contributed by atoms with van der Waals surface area (Å²) in [5.74, 6) is 0.630. The Morgan fingerprint density at radius 2 is 1.48 bits per heavy atom. The topological polar surface area (TPSA) is 25.2 Å². The summed E-state index contributed by atoms with van der Waals surface area (Å²) in [4.78, 5) is 10.4. The van der Waals surface area contributed by atoms with E-state index in [1.54, 1.807) is 0 Å². The Morgan fingerprint density at radius 3 is 2.33 bits per heavy atom. The molecule has 0 amide bonds. The van der Waals surface area contributed by atoms with Crippen LogP contribution in [0.1, 0.15) is 73.0 Å². The Balaban J connectivity index is 1.24.